The highest BCUT2D eigenvalue weighted by Gasteiger charge is 2.68. The topological polar surface area (TPSA) is 113 Å². The molecular weight excluding hydrogens is 563 g/mol. The summed E-state index contributed by atoms with van der Waals surface area (Å²) in [6, 6.07) is 1.67. The zero-order chi connectivity index (χ0) is 32.1. The molecule has 0 heterocycles. The van der Waals surface area contributed by atoms with Gasteiger partial charge in [-0.25, -0.2) is 0 Å². The van der Waals surface area contributed by atoms with Crippen molar-refractivity contribution in [3.05, 3.63) is 34.4 Å². The Morgan fingerprint density at radius 1 is 0.930 bits per heavy atom. The van der Waals surface area contributed by atoms with Gasteiger partial charge in [-0.2, -0.15) is 0 Å². The Morgan fingerprint density at radius 3 is 2.07 bits per heavy atom. The van der Waals surface area contributed by atoms with Crippen molar-refractivity contribution >= 4 is 13.6 Å². The van der Waals surface area contributed by atoms with Crippen molar-refractivity contribution in [2.24, 2.45) is 27.6 Å². The summed E-state index contributed by atoms with van der Waals surface area (Å²) in [4.78, 5) is 12.5. The fourth-order valence-corrected chi connectivity index (χ4v) is 12.4. The molecule has 2 unspecified atom stereocenters. The Kier molecular flexibility index (Phi) is 7.64. The minimum Gasteiger partial charge on any atom is -0.504 e. The van der Waals surface area contributed by atoms with Crippen molar-refractivity contribution in [1.29, 1.82) is 0 Å². The van der Waals surface area contributed by atoms with Crippen LogP contribution in [0.4, 0.5) is 0 Å². The first-order valence-corrected chi connectivity index (χ1v) is 17.8. The molecule has 0 amide bonds. The molecule has 0 saturated heterocycles. The molecule has 43 heavy (non-hydrogen) atoms. The maximum absolute atomic E-state index is 15.0. The lowest BCUT2D eigenvalue weighted by Crippen LogP contribution is -2.62. The van der Waals surface area contributed by atoms with E-state index in [0.29, 0.717) is 18.4 Å². The second kappa shape index (κ2) is 10.1. The number of aliphatic carboxylic acids is 1. The summed E-state index contributed by atoms with van der Waals surface area (Å²) < 4.78 is 27.4. The van der Waals surface area contributed by atoms with Gasteiger partial charge in [-0.1, -0.05) is 39.3 Å². The molecule has 8 heteroatoms. The summed E-state index contributed by atoms with van der Waals surface area (Å²) in [5.41, 5.74) is 0.818. The van der Waals surface area contributed by atoms with Crippen LogP contribution in [0.3, 0.4) is 0 Å². The van der Waals surface area contributed by atoms with Gasteiger partial charge in [-0.05, 0) is 131 Å². The van der Waals surface area contributed by atoms with Crippen LogP contribution in [0.5, 0.6) is 11.5 Å². The number of benzene rings is 1. The average molecular weight is 617 g/mol. The van der Waals surface area contributed by atoms with Gasteiger partial charge < -0.3 is 24.4 Å². The molecule has 5 rings (SSSR count). The molecule has 0 radical (unpaired) electrons. The largest absolute Gasteiger partial charge is 0.504 e. The number of carboxylic acid groups (broad SMARTS) is 1. The number of fused-ring (bicyclic) bond motifs is 7. The van der Waals surface area contributed by atoms with Crippen molar-refractivity contribution in [2.75, 3.05) is 0 Å². The molecule has 0 spiro atoms. The van der Waals surface area contributed by atoms with Crippen LogP contribution in [0.15, 0.2) is 17.7 Å². The molecule has 4 aliphatic rings. The second-order valence-corrected chi connectivity index (χ2v) is 18.1. The molecule has 0 aliphatic heterocycles. The van der Waals surface area contributed by atoms with Crippen LogP contribution in [0.1, 0.15) is 130 Å². The molecule has 240 valence electrons. The number of carbonyl (C=O) groups is 1. The smallest absolute Gasteiger partial charge is 0.342 e. The van der Waals surface area contributed by atoms with Crippen molar-refractivity contribution in [1.82, 2.24) is 0 Å². The summed E-state index contributed by atoms with van der Waals surface area (Å²) in [5.74, 6) is -0.888. The second-order valence-electron chi connectivity index (χ2n) is 16.1. The minimum absolute atomic E-state index is 0.0565. The SMILES string of the molecule is Cc1c(O)c(O)cc2c1C(P(=O)(OC(C)C)OC(C)C)C=C1[C@@]2(C)CC[C@@]2(C)C3C[C@](C)(C(=O)O)CC[C@]3(C)CC[C@]12C. The third kappa shape index (κ3) is 4.57. The molecule has 3 saturated carbocycles. The van der Waals surface area contributed by atoms with Gasteiger partial charge in [-0.15, -0.1) is 0 Å². The van der Waals surface area contributed by atoms with E-state index in [-0.39, 0.29) is 45.9 Å². The molecule has 3 fully saturated rings. The van der Waals surface area contributed by atoms with Gasteiger partial charge in [0.1, 0.15) is 5.66 Å². The molecule has 3 N–H and O–H groups in total. The van der Waals surface area contributed by atoms with Crippen LogP contribution in [0.25, 0.3) is 0 Å². The van der Waals surface area contributed by atoms with E-state index in [1.165, 1.54) is 5.57 Å². The van der Waals surface area contributed by atoms with Gasteiger partial charge >= 0.3 is 13.6 Å². The van der Waals surface area contributed by atoms with E-state index in [1.54, 1.807) is 13.0 Å². The van der Waals surface area contributed by atoms with Crippen molar-refractivity contribution in [3.63, 3.8) is 0 Å². The Hall–Kier alpha value is -1.82. The maximum atomic E-state index is 15.0. The maximum Gasteiger partial charge on any atom is 0.342 e. The lowest BCUT2D eigenvalue weighted by Gasteiger charge is -2.70. The van der Waals surface area contributed by atoms with Crippen molar-refractivity contribution in [2.45, 2.75) is 137 Å². The van der Waals surface area contributed by atoms with Gasteiger partial charge in [0.15, 0.2) is 11.5 Å². The van der Waals surface area contributed by atoms with E-state index < -0.39 is 30.1 Å². The first kappa shape index (κ1) is 32.6. The first-order valence-electron chi connectivity index (χ1n) is 16.2. The monoisotopic (exact) mass is 616 g/mol. The predicted octanol–water partition coefficient (Wildman–Crippen LogP) is 9.19. The Labute approximate surface area is 258 Å². The number of hydrogen-bond donors (Lipinski definition) is 3. The zero-order valence-corrected chi connectivity index (χ0v) is 28.7. The predicted molar refractivity (Wildman–Crippen MR) is 169 cm³/mol. The van der Waals surface area contributed by atoms with E-state index in [4.69, 9.17) is 9.05 Å². The molecular formula is C35H53O7P. The van der Waals surface area contributed by atoms with E-state index in [1.807, 2.05) is 34.6 Å². The molecule has 0 aromatic heterocycles. The normalized spacial score (nSPS) is 39.0. The lowest BCUT2D eigenvalue weighted by atomic mass is 9.34. The number of phenols is 2. The number of rotatable bonds is 6. The summed E-state index contributed by atoms with van der Waals surface area (Å²) in [6.45, 7) is 20.4. The third-order valence-corrected chi connectivity index (χ3v) is 15.2. The highest BCUT2D eigenvalue weighted by Crippen LogP contribution is 2.77. The highest BCUT2D eigenvalue weighted by atomic mass is 31.2. The molecule has 1 aromatic carbocycles. The van der Waals surface area contributed by atoms with Crippen LogP contribution in [0.2, 0.25) is 0 Å². The minimum atomic E-state index is -3.82. The van der Waals surface area contributed by atoms with Crippen LogP contribution >= 0.6 is 7.60 Å². The Balaban J connectivity index is 1.76. The van der Waals surface area contributed by atoms with Gasteiger partial charge in [0.05, 0.1) is 17.6 Å². The van der Waals surface area contributed by atoms with E-state index >= 15 is 0 Å². The number of hydrogen-bond acceptors (Lipinski definition) is 6. The summed E-state index contributed by atoms with van der Waals surface area (Å²) >= 11 is 0. The van der Waals surface area contributed by atoms with Crippen LogP contribution in [-0.4, -0.2) is 33.5 Å². The summed E-state index contributed by atoms with van der Waals surface area (Å²) in [5, 5.41) is 32.1. The van der Waals surface area contributed by atoms with E-state index in [2.05, 4.69) is 33.8 Å². The van der Waals surface area contributed by atoms with Gasteiger partial charge in [0.25, 0.3) is 0 Å². The molecule has 0 bridgehead atoms. The Bertz CT molecular complexity index is 1400. The average Bonchev–Trinajstić information content (AvgIpc) is 2.89. The number of phenolic OH excluding ortho intramolecular Hbond substituents is 2. The number of allylic oxidation sites excluding steroid dienone is 2. The van der Waals surface area contributed by atoms with Crippen LogP contribution in [-0.2, 0) is 23.8 Å². The number of carboxylic acids is 1. The van der Waals surface area contributed by atoms with Crippen molar-refractivity contribution < 1.29 is 33.7 Å². The molecule has 7 nitrogen and oxygen atoms in total. The fourth-order valence-electron chi connectivity index (χ4n) is 9.90. The van der Waals surface area contributed by atoms with Gasteiger partial charge in [-0.3, -0.25) is 9.36 Å². The number of aromatic hydroxyl groups is 2. The molecule has 7 atom stereocenters. The van der Waals surface area contributed by atoms with Gasteiger partial charge in [0.2, 0.25) is 0 Å². The van der Waals surface area contributed by atoms with Crippen LogP contribution in [0, 0.1) is 34.5 Å². The molecule has 4 aliphatic carbocycles. The Morgan fingerprint density at radius 2 is 1.51 bits per heavy atom. The van der Waals surface area contributed by atoms with Gasteiger partial charge in [0, 0.05) is 5.41 Å². The van der Waals surface area contributed by atoms with E-state index in [0.717, 1.165) is 43.2 Å². The highest BCUT2D eigenvalue weighted by molar-refractivity contribution is 7.54. The molecule has 1 aromatic rings. The van der Waals surface area contributed by atoms with Crippen LogP contribution < -0.4 is 0 Å². The summed E-state index contributed by atoms with van der Waals surface area (Å²) in [7, 11) is -3.82. The summed E-state index contributed by atoms with van der Waals surface area (Å²) in [6.07, 6.45) is 7.31. The first-order chi connectivity index (χ1) is 19.7. The zero-order valence-electron chi connectivity index (χ0n) is 27.8. The quantitative estimate of drug-likeness (QED) is 0.166. The fraction of sp³-hybridized carbons (Fsp3) is 0.743. The van der Waals surface area contributed by atoms with E-state index in [9.17, 15) is 24.7 Å². The lowest BCUT2D eigenvalue weighted by molar-refractivity contribution is -0.177. The third-order valence-electron chi connectivity index (χ3n) is 12.7. The van der Waals surface area contributed by atoms with Crippen molar-refractivity contribution in [3.8, 4) is 11.5 Å². The standard InChI is InChI=1S/C35H53O7P/c1-20(2)41-43(40,42-21(3)4)25-18-26-33(8,23-17-24(36)29(37)22(5)28(23)25)14-16-35(10)27-19-32(7,30(38)39)12-11-31(27,6)13-15-34(26,35)9/h17-18,20-21,25,27,36-37H,11-16,19H2,1-10H3,(H,38,39)/t25?,27?,31-,32-,33+,34-,35+/m1/s1.